The Labute approximate surface area is 167 Å². The van der Waals surface area contributed by atoms with Gasteiger partial charge in [0.1, 0.15) is 0 Å². The minimum absolute atomic E-state index is 0.0279. The number of carbonyl (C=O) groups is 1. The molecule has 3 aromatic rings. The summed E-state index contributed by atoms with van der Waals surface area (Å²) in [6.07, 6.45) is 4.04. The van der Waals surface area contributed by atoms with E-state index in [0.29, 0.717) is 5.69 Å². The third-order valence-electron chi connectivity index (χ3n) is 4.99. The maximum Gasteiger partial charge on any atom is 0.276 e. The van der Waals surface area contributed by atoms with Crippen LogP contribution < -0.4 is 5.32 Å². The zero-order valence-electron chi connectivity index (χ0n) is 15.8. The molecule has 0 aliphatic carbocycles. The Morgan fingerprint density at radius 1 is 1.10 bits per heavy atom. The lowest BCUT2D eigenvalue weighted by Gasteiger charge is -2.17. The lowest BCUT2D eigenvalue weighted by molar-refractivity contribution is -0.384. The fourth-order valence-electron chi connectivity index (χ4n) is 3.49. The van der Waals surface area contributed by atoms with Crippen molar-refractivity contribution in [1.29, 1.82) is 0 Å². The average molecular weight is 391 g/mol. The van der Waals surface area contributed by atoms with E-state index < -0.39 is 4.92 Å². The van der Waals surface area contributed by atoms with Crippen molar-refractivity contribution in [3.05, 3.63) is 82.2 Å². The summed E-state index contributed by atoms with van der Waals surface area (Å²) in [5.41, 5.74) is 2.58. The van der Waals surface area contributed by atoms with Crippen molar-refractivity contribution < 1.29 is 9.72 Å². The largest absolute Gasteiger partial charge is 0.320 e. The van der Waals surface area contributed by atoms with E-state index in [9.17, 15) is 14.9 Å². The summed E-state index contributed by atoms with van der Waals surface area (Å²) in [5.74, 6) is -0.317. The standard InChI is InChI=1S/C21H21N5O3/c27-21(22-19-9-2-1-6-16(19)15-24-11-3-4-12-24)20-10-13-25(23-20)17-7-5-8-18(14-17)26(28)29/h1-2,5-10,13-14H,3-4,11-12,15H2,(H,22,27). The lowest BCUT2D eigenvalue weighted by atomic mass is 10.1. The van der Waals surface area contributed by atoms with Crippen LogP contribution >= 0.6 is 0 Å². The number of hydrogen-bond donors (Lipinski definition) is 1. The summed E-state index contributed by atoms with van der Waals surface area (Å²) in [7, 11) is 0. The summed E-state index contributed by atoms with van der Waals surface area (Å²) in [6.45, 7) is 2.96. The Balaban J connectivity index is 1.50. The van der Waals surface area contributed by atoms with Gasteiger partial charge in [0.05, 0.1) is 10.6 Å². The van der Waals surface area contributed by atoms with Crippen molar-refractivity contribution in [3.63, 3.8) is 0 Å². The van der Waals surface area contributed by atoms with Gasteiger partial charge in [0, 0.05) is 30.6 Å². The third-order valence-corrected chi connectivity index (χ3v) is 4.99. The molecule has 1 N–H and O–H groups in total. The van der Waals surface area contributed by atoms with Gasteiger partial charge < -0.3 is 5.32 Å². The number of non-ortho nitro benzene ring substituents is 1. The molecular weight excluding hydrogens is 370 g/mol. The van der Waals surface area contributed by atoms with Gasteiger partial charge in [0.2, 0.25) is 0 Å². The van der Waals surface area contributed by atoms with Gasteiger partial charge in [-0.25, -0.2) is 4.68 Å². The van der Waals surface area contributed by atoms with Gasteiger partial charge >= 0.3 is 0 Å². The monoisotopic (exact) mass is 391 g/mol. The van der Waals surface area contributed by atoms with Crippen LogP contribution in [0.2, 0.25) is 0 Å². The molecule has 0 radical (unpaired) electrons. The molecule has 1 fully saturated rings. The van der Waals surface area contributed by atoms with E-state index in [1.54, 1.807) is 24.4 Å². The van der Waals surface area contributed by atoms with E-state index >= 15 is 0 Å². The molecule has 4 rings (SSSR count). The van der Waals surface area contributed by atoms with Crippen molar-refractivity contribution in [2.24, 2.45) is 0 Å². The molecule has 29 heavy (non-hydrogen) atoms. The predicted molar refractivity (Wildman–Crippen MR) is 109 cm³/mol. The van der Waals surface area contributed by atoms with Crippen LogP contribution in [0.4, 0.5) is 11.4 Å². The first-order valence-electron chi connectivity index (χ1n) is 9.52. The first-order chi connectivity index (χ1) is 14.1. The smallest absolute Gasteiger partial charge is 0.276 e. The molecule has 1 amide bonds. The van der Waals surface area contributed by atoms with Crippen LogP contribution in [0.5, 0.6) is 0 Å². The number of benzene rings is 2. The molecule has 1 saturated heterocycles. The molecule has 0 bridgehead atoms. The van der Waals surface area contributed by atoms with Gasteiger partial charge in [-0.15, -0.1) is 0 Å². The predicted octanol–water partition coefficient (Wildman–Crippen LogP) is 3.63. The molecule has 148 valence electrons. The van der Waals surface area contributed by atoms with Crippen LogP contribution in [0.25, 0.3) is 5.69 Å². The highest BCUT2D eigenvalue weighted by Crippen LogP contribution is 2.21. The maximum atomic E-state index is 12.7. The molecule has 0 spiro atoms. The summed E-state index contributed by atoms with van der Waals surface area (Å²) < 4.78 is 1.46. The Kier molecular flexibility index (Phi) is 5.35. The number of nitrogens with one attached hydrogen (secondary N) is 1. The van der Waals surface area contributed by atoms with E-state index in [2.05, 4.69) is 15.3 Å². The van der Waals surface area contributed by atoms with Crippen LogP contribution in [0.15, 0.2) is 60.8 Å². The molecule has 1 aromatic heterocycles. The van der Waals surface area contributed by atoms with Crippen LogP contribution in [0.1, 0.15) is 28.9 Å². The van der Waals surface area contributed by atoms with E-state index in [0.717, 1.165) is 30.9 Å². The van der Waals surface area contributed by atoms with E-state index in [1.165, 1.54) is 29.7 Å². The number of nitrogens with zero attached hydrogens (tertiary/aromatic N) is 4. The van der Waals surface area contributed by atoms with Gasteiger partial charge in [-0.1, -0.05) is 24.3 Å². The number of anilines is 1. The maximum absolute atomic E-state index is 12.7. The van der Waals surface area contributed by atoms with Crippen molar-refractivity contribution >= 4 is 17.3 Å². The molecule has 2 aromatic carbocycles. The van der Waals surface area contributed by atoms with E-state index in [-0.39, 0.29) is 17.3 Å². The van der Waals surface area contributed by atoms with E-state index in [1.807, 2.05) is 24.3 Å². The number of amides is 1. The normalized spacial score (nSPS) is 14.1. The topological polar surface area (TPSA) is 93.3 Å². The molecule has 0 atom stereocenters. The van der Waals surface area contributed by atoms with Gasteiger partial charge in [-0.05, 0) is 49.7 Å². The first-order valence-corrected chi connectivity index (χ1v) is 9.52. The highest BCUT2D eigenvalue weighted by Gasteiger charge is 2.16. The van der Waals surface area contributed by atoms with Crippen molar-refractivity contribution in [2.75, 3.05) is 18.4 Å². The zero-order valence-corrected chi connectivity index (χ0v) is 15.8. The third kappa shape index (κ3) is 4.33. The number of likely N-dealkylation sites (tertiary alicyclic amines) is 1. The van der Waals surface area contributed by atoms with Gasteiger partial charge in [0.25, 0.3) is 11.6 Å². The van der Waals surface area contributed by atoms with Gasteiger partial charge in [0.15, 0.2) is 5.69 Å². The number of para-hydroxylation sites is 1. The molecule has 0 saturated carbocycles. The molecule has 1 aliphatic heterocycles. The minimum Gasteiger partial charge on any atom is -0.320 e. The molecular formula is C21H21N5O3. The Bertz CT molecular complexity index is 1040. The average Bonchev–Trinajstić information content (AvgIpc) is 3.42. The fraction of sp³-hybridized carbons (Fsp3) is 0.238. The fourth-order valence-corrected chi connectivity index (χ4v) is 3.49. The highest BCUT2D eigenvalue weighted by molar-refractivity contribution is 6.03. The van der Waals surface area contributed by atoms with Crippen LogP contribution in [-0.4, -0.2) is 38.6 Å². The van der Waals surface area contributed by atoms with Crippen molar-refractivity contribution in [1.82, 2.24) is 14.7 Å². The number of hydrogen-bond acceptors (Lipinski definition) is 5. The Morgan fingerprint density at radius 3 is 2.69 bits per heavy atom. The van der Waals surface area contributed by atoms with Crippen molar-refractivity contribution in [3.8, 4) is 5.69 Å². The van der Waals surface area contributed by atoms with Crippen LogP contribution in [0, 0.1) is 10.1 Å². The first kappa shape index (κ1) is 18.8. The lowest BCUT2D eigenvalue weighted by Crippen LogP contribution is -2.20. The number of rotatable bonds is 6. The number of nitro groups is 1. The van der Waals surface area contributed by atoms with Gasteiger partial charge in [-0.3, -0.25) is 19.8 Å². The quantitative estimate of drug-likeness (QED) is 0.512. The van der Waals surface area contributed by atoms with E-state index in [4.69, 9.17) is 0 Å². The highest BCUT2D eigenvalue weighted by atomic mass is 16.6. The Morgan fingerprint density at radius 2 is 1.90 bits per heavy atom. The van der Waals surface area contributed by atoms with Crippen molar-refractivity contribution in [2.45, 2.75) is 19.4 Å². The number of aromatic nitrogens is 2. The molecule has 8 nitrogen and oxygen atoms in total. The van der Waals surface area contributed by atoms with Crippen LogP contribution in [0.3, 0.4) is 0 Å². The molecule has 2 heterocycles. The summed E-state index contributed by atoms with van der Waals surface area (Å²) >= 11 is 0. The Hall–Kier alpha value is -3.52. The second-order valence-corrected chi connectivity index (χ2v) is 7.02. The number of carbonyl (C=O) groups excluding carboxylic acids is 1. The summed E-state index contributed by atoms with van der Waals surface area (Å²) in [5, 5.41) is 18.2. The second kappa shape index (κ2) is 8.24. The SMILES string of the molecule is O=C(Nc1ccccc1CN1CCCC1)c1ccn(-c2cccc([N+](=O)[O-])c2)n1. The second-order valence-electron chi connectivity index (χ2n) is 7.02. The van der Waals surface area contributed by atoms with Gasteiger partial charge in [-0.2, -0.15) is 5.10 Å². The summed E-state index contributed by atoms with van der Waals surface area (Å²) in [6, 6.07) is 15.5. The zero-order chi connectivity index (χ0) is 20.2. The summed E-state index contributed by atoms with van der Waals surface area (Å²) in [4.78, 5) is 25.6. The van der Waals surface area contributed by atoms with Crippen LogP contribution in [-0.2, 0) is 6.54 Å². The molecule has 8 heteroatoms. The molecule has 1 aliphatic rings. The minimum atomic E-state index is -0.460. The molecule has 0 unspecified atom stereocenters. The number of nitro benzene ring substituents is 1.